The lowest BCUT2D eigenvalue weighted by atomic mass is 10.3. The predicted octanol–water partition coefficient (Wildman–Crippen LogP) is 1.38. The van der Waals surface area contributed by atoms with E-state index in [1.807, 2.05) is 6.08 Å². The summed E-state index contributed by atoms with van der Waals surface area (Å²) in [5.41, 5.74) is 0. The van der Waals surface area contributed by atoms with Gasteiger partial charge in [-0.25, -0.2) is 9.13 Å². The third-order valence-electron chi connectivity index (χ3n) is 1.86. The number of rotatable bonds is 5. The van der Waals surface area contributed by atoms with Crippen molar-refractivity contribution in [3.05, 3.63) is 31.4 Å². The van der Waals surface area contributed by atoms with Crippen LogP contribution in [0, 0.1) is 0 Å². The van der Waals surface area contributed by atoms with Gasteiger partial charge in [0.2, 0.25) is 6.33 Å². The molecular weight excluding hydrogens is 159 g/mol. The van der Waals surface area contributed by atoms with Crippen LogP contribution < -0.4 is 4.57 Å². The van der Waals surface area contributed by atoms with Gasteiger partial charge < -0.3 is 8.41 Å². The van der Waals surface area contributed by atoms with Crippen LogP contribution in [0.5, 0.6) is 0 Å². The fraction of sp³-hybridized carbons (Fsp3) is 0.500. The van der Waals surface area contributed by atoms with Crippen LogP contribution in [-0.4, -0.2) is 13.0 Å². The molecule has 1 heterocycles. The van der Waals surface area contributed by atoms with E-state index in [-0.39, 0.29) is 8.41 Å². The second-order valence-electron chi connectivity index (χ2n) is 2.99. The Hall–Kier alpha value is -0.985. The Balaban J connectivity index is 0.00000144. The Morgan fingerprint density at radius 1 is 1.54 bits per heavy atom. The summed E-state index contributed by atoms with van der Waals surface area (Å²) in [5.74, 6) is 0. The van der Waals surface area contributed by atoms with Crippen LogP contribution >= 0.6 is 0 Å². The predicted molar refractivity (Wildman–Crippen MR) is 55.5 cm³/mol. The van der Waals surface area contributed by atoms with Crippen LogP contribution in [0.4, 0.5) is 0 Å². The summed E-state index contributed by atoms with van der Waals surface area (Å²) in [5, 5.41) is 0. The molecule has 0 bridgehead atoms. The van der Waals surface area contributed by atoms with E-state index in [1.165, 1.54) is 12.8 Å². The van der Waals surface area contributed by atoms with E-state index in [9.17, 15) is 0 Å². The summed E-state index contributed by atoms with van der Waals surface area (Å²) in [6.45, 7) is 7.93. The molecule has 0 aliphatic carbocycles. The molecule has 0 fully saturated rings. The maximum Gasteiger partial charge on any atom is 0.244 e. The number of nitrogens with zero attached hydrogens (tertiary/aromatic N) is 2. The summed E-state index contributed by atoms with van der Waals surface area (Å²) in [6.07, 6.45) is 10.7. The van der Waals surface area contributed by atoms with Crippen molar-refractivity contribution in [3.63, 3.8) is 0 Å². The minimum Gasteiger partial charge on any atom is -1.00 e. The summed E-state index contributed by atoms with van der Waals surface area (Å²) in [4.78, 5) is 0. The molecule has 0 amide bonds. The monoisotopic (exact) mass is 176 g/mol. The van der Waals surface area contributed by atoms with Gasteiger partial charge in [-0.05, 0) is 6.42 Å². The van der Waals surface area contributed by atoms with Crippen LogP contribution in [0.3, 0.4) is 0 Å². The first-order valence-corrected chi connectivity index (χ1v) is 4.52. The van der Waals surface area contributed by atoms with Gasteiger partial charge in [0.05, 0.1) is 6.54 Å². The third-order valence-corrected chi connectivity index (χ3v) is 1.86. The molecule has 0 atom stereocenters. The largest absolute Gasteiger partial charge is 1.00 e. The number of hydrogen-bond donors (Lipinski definition) is 0. The average Bonchev–Trinajstić information content (AvgIpc) is 2.50. The number of hydrogen-bond acceptors (Lipinski definition) is 0. The highest BCUT2D eigenvalue weighted by atomic mass is 15.1. The van der Waals surface area contributed by atoms with Crippen molar-refractivity contribution in [1.82, 2.24) is 4.57 Å². The van der Waals surface area contributed by atoms with Gasteiger partial charge in [0, 0.05) is 0 Å². The Kier molecular flexibility index (Phi) is 6.03. The summed E-state index contributed by atoms with van der Waals surface area (Å²) < 4.78 is 4.34. The van der Waals surface area contributed by atoms with Gasteiger partial charge in [0.1, 0.15) is 18.9 Å². The van der Waals surface area contributed by atoms with Crippen LogP contribution in [0.1, 0.15) is 19.8 Å². The zero-order valence-electron chi connectivity index (χ0n) is 8.32. The quantitative estimate of drug-likeness (QED) is 0.364. The lowest BCUT2D eigenvalue weighted by Gasteiger charge is -1.91. The number of aryl methyl sites for hydroxylation is 1. The van der Waals surface area contributed by atoms with Gasteiger partial charge in [0.25, 0.3) is 0 Å². The van der Waals surface area contributed by atoms with Crippen LogP contribution in [-0.2, 0) is 13.1 Å². The zero-order chi connectivity index (χ0) is 8.81. The van der Waals surface area contributed by atoms with Gasteiger partial charge >= 0.3 is 0 Å². The molecule has 0 unspecified atom stereocenters. The highest BCUT2D eigenvalue weighted by molar-refractivity contribution is 5.75. The van der Waals surface area contributed by atoms with E-state index in [0.717, 1.165) is 13.1 Å². The number of aromatic nitrogens is 2. The second-order valence-corrected chi connectivity index (χ2v) is 2.99. The van der Waals surface area contributed by atoms with Crippen molar-refractivity contribution in [2.24, 2.45) is 0 Å². The first kappa shape index (κ1) is 12.0. The van der Waals surface area contributed by atoms with Gasteiger partial charge in [-0.1, -0.05) is 26.0 Å². The Morgan fingerprint density at radius 2 is 2.31 bits per heavy atom. The molecule has 1 aromatic rings. The topological polar surface area (TPSA) is 8.81 Å². The van der Waals surface area contributed by atoms with E-state index in [1.54, 1.807) is 0 Å². The molecule has 1 aromatic heterocycles. The Bertz CT molecular complexity index is 243. The molecule has 0 spiro atoms. The number of unbranched alkanes of at least 4 members (excludes halogenated alkanes) is 1. The fourth-order valence-electron chi connectivity index (χ4n) is 1.17. The first-order valence-electron chi connectivity index (χ1n) is 4.52. The Labute approximate surface area is 82.5 Å². The molecular formula is C10H17BN2. The number of allylic oxidation sites excluding steroid dienone is 1. The second kappa shape index (κ2) is 6.52. The third kappa shape index (κ3) is 3.97. The highest BCUT2D eigenvalue weighted by Crippen LogP contribution is 1.88. The molecule has 0 aliphatic rings. The molecule has 3 heteroatoms. The minimum atomic E-state index is 0. The first-order chi connectivity index (χ1) is 5.86. The van der Waals surface area contributed by atoms with Crippen molar-refractivity contribution in [2.45, 2.75) is 32.9 Å². The van der Waals surface area contributed by atoms with Crippen molar-refractivity contribution in [1.29, 1.82) is 0 Å². The minimum absolute atomic E-state index is 0. The van der Waals surface area contributed by atoms with Gasteiger partial charge in [-0.15, -0.1) is 0 Å². The maximum atomic E-state index is 3.70. The van der Waals surface area contributed by atoms with Gasteiger partial charge in [0.15, 0.2) is 0 Å². The summed E-state index contributed by atoms with van der Waals surface area (Å²) in [7, 11) is 0. The summed E-state index contributed by atoms with van der Waals surface area (Å²) >= 11 is 0. The average molecular weight is 176 g/mol. The SMILES string of the molecule is C=CCn1cc[n+](CCCC)c1.[B-]. The molecule has 0 saturated heterocycles. The van der Waals surface area contributed by atoms with E-state index >= 15 is 0 Å². The lowest BCUT2D eigenvalue weighted by molar-refractivity contribution is -0.696. The van der Waals surface area contributed by atoms with E-state index in [2.05, 4.69) is 41.4 Å². The van der Waals surface area contributed by atoms with Gasteiger partial charge in [-0.3, -0.25) is 0 Å². The van der Waals surface area contributed by atoms with Crippen LogP contribution in [0.2, 0.25) is 0 Å². The number of imidazole rings is 1. The molecule has 70 valence electrons. The van der Waals surface area contributed by atoms with E-state index in [4.69, 9.17) is 0 Å². The lowest BCUT2D eigenvalue weighted by Crippen LogP contribution is -2.30. The van der Waals surface area contributed by atoms with E-state index < -0.39 is 0 Å². The van der Waals surface area contributed by atoms with Crippen molar-refractivity contribution >= 4 is 8.41 Å². The maximum absolute atomic E-state index is 3.70. The molecule has 0 saturated carbocycles. The Morgan fingerprint density at radius 3 is 2.92 bits per heavy atom. The van der Waals surface area contributed by atoms with Crippen LogP contribution in [0.15, 0.2) is 31.4 Å². The summed E-state index contributed by atoms with van der Waals surface area (Å²) in [6, 6.07) is 0. The molecule has 4 radical (unpaired) electrons. The molecule has 2 nitrogen and oxygen atoms in total. The van der Waals surface area contributed by atoms with Crippen molar-refractivity contribution < 1.29 is 4.57 Å². The molecule has 1 rings (SSSR count). The fourth-order valence-corrected chi connectivity index (χ4v) is 1.17. The standard InChI is InChI=1S/C10H17N2.B/c1-3-5-7-12-9-8-11(10-12)6-4-2;/h4,8-10H,2-3,5-7H2,1H3;/q+1;-1. The van der Waals surface area contributed by atoms with Crippen molar-refractivity contribution in [3.8, 4) is 0 Å². The molecule has 0 aliphatic heterocycles. The van der Waals surface area contributed by atoms with E-state index in [0.29, 0.717) is 0 Å². The molecule has 0 N–H and O–H groups in total. The molecule has 13 heavy (non-hydrogen) atoms. The van der Waals surface area contributed by atoms with Crippen molar-refractivity contribution in [2.75, 3.05) is 0 Å². The van der Waals surface area contributed by atoms with Crippen LogP contribution in [0.25, 0.3) is 0 Å². The van der Waals surface area contributed by atoms with Gasteiger partial charge in [-0.2, -0.15) is 0 Å². The zero-order valence-corrected chi connectivity index (χ0v) is 8.32. The molecule has 0 aromatic carbocycles. The highest BCUT2D eigenvalue weighted by Gasteiger charge is 1.99. The smallest absolute Gasteiger partial charge is 0.244 e. The normalized spacial score (nSPS) is 9.31.